The van der Waals surface area contributed by atoms with Crippen molar-refractivity contribution in [3.63, 3.8) is 0 Å². The van der Waals surface area contributed by atoms with Gasteiger partial charge < -0.3 is 24.3 Å². The van der Waals surface area contributed by atoms with Crippen molar-refractivity contribution >= 4 is 23.1 Å². The highest BCUT2D eigenvalue weighted by atomic mass is 35.5. The summed E-state index contributed by atoms with van der Waals surface area (Å²) in [5.74, 6) is 0.771. The monoisotopic (exact) mass is 643 g/mol. The second-order valence-corrected chi connectivity index (χ2v) is 13.3. The number of nitrogens with zero attached hydrogens (tertiary/aromatic N) is 7. The molecular weight excluding hydrogens is 603 g/mol. The van der Waals surface area contributed by atoms with Crippen LogP contribution in [0.4, 0.5) is 24.7 Å². The van der Waals surface area contributed by atoms with Crippen LogP contribution in [0.3, 0.4) is 0 Å². The molecule has 3 aliphatic heterocycles. The van der Waals surface area contributed by atoms with E-state index in [9.17, 15) is 18.4 Å². The summed E-state index contributed by atoms with van der Waals surface area (Å²) >= 11 is 6.10. The molecule has 1 unspecified atom stereocenters. The van der Waals surface area contributed by atoms with E-state index in [4.69, 9.17) is 26.3 Å². The Labute approximate surface area is 268 Å². The van der Waals surface area contributed by atoms with Gasteiger partial charge in [-0.2, -0.15) is 28.4 Å². The molecule has 2 saturated heterocycles. The molecule has 1 aromatic carbocycles. The van der Waals surface area contributed by atoms with Crippen molar-refractivity contribution in [2.75, 3.05) is 49.6 Å². The van der Waals surface area contributed by atoms with Crippen LogP contribution in [0, 0.1) is 11.3 Å². The van der Waals surface area contributed by atoms with E-state index in [1.165, 1.54) is 18.6 Å². The molecule has 3 fully saturated rings. The molecule has 0 spiro atoms. The molecule has 4 aliphatic rings. The molecule has 2 aromatic rings. The number of likely N-dealkylation sites (tertiary alicyclic amines) is 1. The van der Waals surface area contributed by atoms with Gasteiger partial charge in [-0.1, -0.05) is 23.7 Å². The summed E-state index contributed by atoms with van der Waals surface area (Å²) < 4.78 is 49.2. The van der Waals surface area contributed by atoms with E-state index in [0.29, 0.717) is 50.2 Å². The van der Waals surface area contributed by atoms with E-state index < -0.39 is 11.7 Å². The average molecular weight is 644 g/mol. The van der Waals surface area contributed by atoms with Gasteiger partial charge in [-0.3, -0.25) is 0 Å². The lowest BCUT2D eigenvalue weighted by Gasteiger charge is -2.44. The maximum Gasteiger partial charge on any atom is 0.419 e. The van der Waals surface area contributed by atoms with Crippen LogP contribution in [0.5, 0.6) is 6.01 Å². The summed E-state index contributed by atoms with van der Waals surface area (Å²) in [4.78, 5) is 18.5. The van der Waals surface area contributed by atoms with E-state index in [-0.39, 0.29) is 28.9 Å². The smallest absolute Gasteiger partial charge is 0.419 e. The van der Waals surface area contributed by atoms with E-state index in [0.717, 1.165) is 56.6 Å². The molecule has 45 heavy (non-hydrogen) atoms. The van der Waals surface area contributed by atoms with Crippen LogP contribution in [-0.2, 0) is 19.1 Å². The Balaban J connectivity index is 1.36. The topological polar surface area (TPSA) is 71.8 Å². The first-order valence-electron chi connectivity index (χ1n) is 16.0. The molecule has 2 atom stereocenters. The Bertz CT molecular complexity index is 1460. The van der Waals surface area contributed by atoms with Gasteiger partial charge in [0.15, 0.2) is 0 Å². The SMILES string of the molecule is CC=CN1CCN(c2nc(OC3(CC4CCCN4C)CCC3)nc3c2CCN(c2cccc(Cl)c2C(F)(F)F)C3)C[C@@H]1CC#N. The minimum atomic E-state index is -4.59. The maximum atomic E-state index is 14.1. The molecule has 1 saturated carbocycles. The highest BCUT2D eigenvalue weighted by Crippen LogP contribution is 2.45. The van der Waals surface area contributed by atoms with Crippen LogP contribution in [0.1, 0.15) is 68.7 Å². The summed E-state index contributed by atoms with van der Waals surface area (Å²) in [6, 6.07) is 7.38. The molecule has 6 rings (SSSR count). The number of hydrogen-bond acceptors (Lipinski definition) is 8. The second kappa shape index (κ2) is 12.9. The number of fused-ring (bicyclic) bond motifs is 1. The van der Waals surface area contributed by atoms with Crippen LogP contribution < -0.4 is 14.5 Å². The number of piperazine rings is 1. The third kappa shape index (κ3) is 6.54. The lowest BCUT2D eigenvalue weighted by Crippen LogP contribution is -2.52. The predicted octanol–water partition coefficient (Wildman–Crippen LogP) is 6.44. The number of nitriles is 1. The average Bonchev–Trinajstić information content (AvgIpc) is 3.39. The largest absolute Gasteiger partial charge is 0.457 e. The van der Waals surface area contributed by atoms with Crippen LogP contribution in [0.15, 0.2) is 30.5 Å². The number of aromatic nitrogens is 2. The van der Waals surface area contributed by atoms with Crippen LogP contribution in [-0.4, -0.2) is 77.2 Å². The summed E-state index contributed by atoms with van der Waals surface area (Å²) in [7, 11) is 2.17. The number of allylic oxidation sites excluding steroid dienone is 1. The molecule has 242 valence electrons. The fraction of sp³-hybridized carbons (Fsp3) is 0.606. The minimum Gasteiger partial charge on any atom is -0.457 e. The predicted molar refractivity (Wildman–Crippen MR) is 168 cm³/mol. The summed E-state index contributed by atoms with van der Waals surface area (Å²) in [6.07, 6.45) is 6.46. The molecule has 0 N–H and O–H groups in total. The van der Waals surface area contributed by atoms with Crippen LogP contribution in [0.2, 0.25) is 5.02 Å². The van der Waals surface area contributed by atoms with Gasteiger partial charge in [-0.15, -0.1) is 0 Å². The zero-order valence-electron chi connectivity index (χ0n) is 26.0. The first-order valence-corrected chi connectivity index (χ1v) is 16.4. The summed E-state index contributed by atoms with van der Waals surface area (Å²) in [6.45, 7) is 5.64. The molecule has 4 heterocycles. The fourth-order valence-electron chi connectivity index (χ4n) is 7.47. The van der Waals surface area contributed by atoms with Crippen molar-refractivity contribution in [2.24, 2.45) is 0 Å². The van der Waals surface area contributed by atoms with E-state index in [1.807, 2.05) is 19.2 Å². The van der Waals surface area contributed by atoms with Gasteiger partial charge in [0, 0.05) is 44.2 Å². The zero-order valence-corrected chi connectivity index (χ0v) is 26.7. The number of halogens is 4. The molecular formula is C33H41ClF3N7O. The number of ether oxygens (including phenoxy) is 1. The fourth-order valence-corrected chi connectivity index (χ4v) is 7.75. The van der Waals surface area contributed by atoms with E-state index in [2.05, 4.69) is 27.8 Å². The summed E-state index contributed by atoms with van der Waals surface area (Å²) in [5.41, 5.74) is 0.497. The molecule has 0 amide bonds. The van der Waals surface area contributed by atoms with Crippen molar-refractivity contribution in [1.29, 1.82) is 5.26 Å². The van der Waals surface area contributed by atoms with Crippen molar-refractivity contribution in [2.45, 2.75) is 88.7 Å². The first-order chi connectivity index (χ1) is 21.6. The van der Waals surface area contributed by atoms with Crippen LogP contribution >= 0.6 is 11.6 Å². The number of alkyl halides is 3. The van der Waals surface area contributed by atoms with Crippen molar-refractivity contribution in [3.05, 3.63) is 52.3 Å². The Kier molecular flexibility index (Phi) is 9.08. The van der Waals surface area contributed by atoms with Gasteiger partial charge in [0.25, 0.3) is 0 Å². The Morgan fingerprint density at radius 2 is 1.93 bits per heavy atom. The molecule has 8 nitrogen and oxygen atoms in total. The molecule has 0 radical (unpaired) electrons. The van der Waals surface area contributed by atoms with Gasteiger partial charge in [0.2, 0.25) is 0 Å². The minimum absolute atomic E-state index is 0.00768. The Morgan fingerprint density at radius 3 is 2.60 bits per heavy atom. The highest BCUT2D eigenvalue weighted by Gasteiger charge is 2.44. The van der Waals surface area contributed by atoms with Crippen molar-refractivity contribution in [1.82, 2.24) is 19.8 Å². The number of benzene rings is 1. The van der Waals surface area contributed by atoms with E-state index in [1.54, 1.807) is 11.0 Å². The van der Waals surface area contributed by atoms with Gasteiger partial charge >= 0.3 is 12.2 Å². The molecule has 1 aliphatic carbocycles. The zero-order chi connectivity index (χ0) is 31.8. The van der Waals surface area contributed by atoms with Crippen LogP contribution in [0.25, 0.3) is 0 Å². The van der Waals surface area contributed by atoms with Crippen molar-refractivity contribution < 1.29 is 17.9 Å². The van der Waals surface area contributed by atoms with Crippen molar-refractivity contribution in [3.8, 4) is 12.1 Å². The number of hydrogen-bond donors (Lipinski definition) is 0. The maximum absolute atomic E-state index is 14.1. The number of rotatable bonds is 8. The Hall–Kier alpha value is -3.23. The lowest BCUT2D eigenvalue weighted by atomic mass is 9.75. The third-order valence-corrected chi connectivity index (χ3v) is 10.3. The lowest BCUT2D eigenvalue weighted by molar-refractivity contribution is -0.137. The van der Waals surface area contributed by atoms with Gasteiger partial charge in [0.05, 0.1) is 47.0 Å². The normalized spacial score (nSPS) is 23.6. The standard InChI is InChI=1S/C33H41ClF3N7O/c1-3-15-42-18-19-44(21-24(42)10-14-38)30-25-11-17-43(28-9-4-8-26(34)29(28)33(35,36)37)22-27(25)39-31(40-30)45-32(12-6-13-32)20-23-7-5-16-41(23)2/h3-4,8-9,15,23-24H,5-7,10-13,16-22H2,1-2H3/t23?,24-/m0/s1. The quantitative estimate of drug-likeness (QED) is 0.326. The number of anilines is 2. The Morgan fingerprint density at radius 1 is 1.11 bits per heavy atom. The third-order valence-electron chi connectivity index (χ3n) is 9.99. The second-order valence-electron chi connectivity index (χ2n) is 12.9. The van der Waals surface area contributed by atoms with Gasteiger partial charge in [0.1, 0.15) is 11.4 Å². The first kappa shape index (κ1) is 31.7. The molecule has 12 heteroatoms. The molecule has 1 aromatic heterocycles. The van der Waals surface area contributed by atoms with E-state index >= 15 is 0 Å². The molecule has 0 bridgehead atoms. The van der Waals surface area contributed by atoms with Gasteiger partial charge in [-0.25, -0.2) is 0 Å². The van der Waals surface area contributed by atoms with Gasteiger partial charge in [-0.05, 0) is 77.4 Å². The summed E-state index contributed by atoms with van der Waals surface area (Å²) in [5, 5.41) is 9.25. The highest BCUT2D eigenvalue weighted by molar-refractivity contribution is 6.31.